The Kier molecular flexibility index (Phi) is 4.04. The fourth-order valence-electron chi connectivity index (χ4n) is 5.05. The molecule has 0 spiro atoms. The van der Waals surface area contributed by atoms with E-state index in [1.807, 2.05) is 6.07 Å². The van der Waals surface area contributed by atoms with E-state index >= 15 is 0 Å². The molecule has 0 radical (unpaired) electrons. The minimum absolute atomic E-state index is 0.132. The molecular weight excluding hydrogens is 297 g/mol. The quantitative estimate of drug-likeness (QED) is 0.616. The number of rotatable bonds is 1. The van der Waals surface area contributed by atoms with Crippen molar-refractivity contribution in [2.24, 2.45) is 17.8 Å². The Morgan fingerprint density at radius 3 is 2.58 bits per heavy atom. The molecule has 2 aliphatic carbocycles. The molecule has 2 heteroatoms. The Morgan fingerprint density at radius 2 is 1.75 bits per heavy atom. The average Bonchev–Trinajstić information content (AvgIpc) is 2.60. The highest BCUT2D eigenvalue weighted by Crippen LogP contribution is 2.47. The standard InChI is InChI=1S/C22H24FN/c1-14-2-3-16-9-17(5-4-15(16)8-14)18-6-7-19-11-21(13-24)22(23)12-20(19)10-18/h6-7,10-12,14-17H,2-5,8-9H2,1H3. The Hall–Kier alpha value is -1.88. The first-order valence-corrected chi connectivity index (χ1v) is 9.27. The van der Waals surface area contributed by atoms with Crippen LogP contribution in [0.15, 0.2) is 30.3 Å². The predicted molar refractivity (Wildman–Crippen MR) is 95.2 cm³/mol. The second kappa shape index (κ2) is 6.20. The van der Waals surface area contributed by atoms with Crippen molar-refractivity contribution < 1.29 is 4.39 Å². The highest BCUT2D eigenvalue weighted by atomic mass is 19.1. The van der Waals surface area contributed by atoms with E-state index in [0.29, 0.717) is 5.92 Å². The summed E-state index contributed by atoms with van der Waals surface area (Å²) in [4.78, 5) is 0. The van der Waals surface area contributed by atoms with Crippen molar-refractivity contribution in [1.82, 2.24) is 0 Å². The molecule has 124 valence electrons. The molecule has 2 saturated carbocycles. The zero-order valence-electron chi connectivity index (χ0n) is 14.3. The largest absolute Gasteiger partial charge is 0.206 e. The summed E-state index contributed by atoms with van der Waals surface area (Å²) in [5.41, 5.74) is 1.48. The van der Waals surface area contributed by atoms with Crippen molar-refractivity contribution in [3.05, 3.63) is 47.3 Å². The summed E-state index contributed by atoms with van der Waals surface area (Å²) in [6.07, 6.45) is 8.08. The van der Waals surface area contributed by atoms with Crippen LogP contribution < -0.4 is 0 Å². The number of nitrogens with zero attached hydrogens (tertiary/aromatic N) is 1. The molecule has 4 atom stereocenters. The van der Waals surface area contributed by atoms with Gasteiger partial charge in [-0.25, -0.2) is 4.39 Å². The lowest BCUT2D eigenvalue weighted by Crippen LogP contribution is -2.29. The highest BCUT2D eigenvalue weighted by molar-refractivity contribution is 5.84. The van der Waals surface area contributed by atoms with E-state index in [1.165, 1.54) is 50.2 Å². The van der Waals surface area contributed by atoms with Gasteiger partial charge in [0, 0.05) is 0 Å². The molecule has 0 heterocycles. The Morgan fingerprint density at radius 1 is 0.958 bits per heavy atom. The zero-order chi connectivity index (χ0) is 16.7. The van der Waals surface area contributed by atoms with Crippen LogP contribution >= 0.6 is 0 Å². The van der Waals surface area contributed by atoms with Crippen LogP contribution in [0.4, 0.5) is 4.39 Å². The van der Waals surface area contributed by atoms with Crippen LogP contribution in [-0.2, 0) is 0 Å². The molecule has 0 saturated heterocycles. The molecule has 0 N–H and O–H groups in total. The molecule has 0 aliphatic heterocycles. The molecule has 24 heavy (non-hydrogen) atoms. The lowest BCUT2D eigenvalue weighted by atomic mass is 9.64. The molecule has 2 aromatic rings. The highest BCUT2D eigenvalue weighted by Gasteiger charge is 2.34. The maximum absolute atomic E-state index is 13.9. The van der Waals surface area contributed by atoms with Gasteiger partial charge in [0.05, 0.1) is 5.56 Å². The third-order valence-corrected chi connectivity index (χ3v) is 6.42. The fraction of sp³-hybridized carbons (Fsp3) is 0.500. The summed E-state index contributed by atoms with van der Waals surface area (Å²) in [5, 5.41) is 10.9. The summed E-state index contributed by atoms with van der Waals surface area (Å²) in [5.74, 6) is 2.92. The SMILES string of the molecule is CC1CCC2CC(c3ccc4cc(C#N)c(F)cc4c3)CCC2C1. The van der Waals surface area contributed by atoms with Gasteiger partial charge < -0.3 is 0 Å². The molecule has 0 aromatic heterocycles. The summed E-state index contributed by atoms with van der Waals surface area (Å²) in [7, 11) is 0. The summed E-state index contributed by atoms with van der Waals surface area (Å²) in [6, 6.07) is 11.5. The van der Waals surface area contributed by atoms with Crippen LogP contribution in [0.25, 0.3) is 10.8 Å². The fourth-order valence-corrected chi connectivity index (χ4v) is 5.05. The molecule has 2 aliphatic rings. The zero-order valence-corrected chi connectivity index (χ0v) is 14.3. The normalized spacial score (nSPS) is 29.9. The van der Waals surface area contributed by atoms with Crippen LogP contribution in [0, 0.1) is 34.9 Å². The topological polar surface area (TPSA) is 23.8 Å². The Balaban J connectivity index is 1.59. The summed E-state index contributed by atoms with van der Waals surface area (Å²) in [6.45, 7) is 2.40. The smallest absolute Gasteiger partial charge is 0.141 e. The van der Waals surface area contributed by atoms with Gasteiger partial charge in [0.2, 0.25) is 0 Å². The van der Waals surface area contributed by atoms with Gasteiger partial charge in [-0.2, -0.15) is 5.26 Å². The third kappa shape index (κ3) is 2.81. The summed E-state index contributed by atoms with van der Waals surface area (Å²) >= 11 is 0. The number of fused-ring (bicyclic) bond motifs is 2. The number of nitriles is 1. The maximum atomic E-state index is 13.9. The monoisotopic (exact) mass is 321 g/mol. The lowest BCUT2D eigenvalue weighted by molar-refractivity contribution is 0.124. The average molecular weight is 321 g/mol. The molecule has 0 amide bonds. The predicted octanol–water partition coefficient (Wildman–Crippen LogP) is 6.17. The second-order valence-corrected chi connectivity index (χ2v) is 8.00. The van der Waals surface area contributed by atoms with Crippen LogP contribution in [0.5, 0.6) is 0 Å². The van der Waals surface area contributed by atoms with Gasteiger partial charge in [0.15, 0.2) is 0 Å². The number of hydrogen-bond acceptors (Lipinski definition) is 1. The maximum Gasteiger partial charge on any atom is 0.141 e. The molecule has 0 bridgehead atoms. The lowest BCUT2D eigenvalue weighted by Gasteiger charge is -2.41. The van der Waals surface area contributed by atoms with E-state index < -0.39 is 5.82 Å². The van der Waals surface area contributed by atoms with E-state index in [2.05, 4.69) is 25.1 Å². The number of hydrogen-bond donors (Lipinski definition) is 0. The van der Waals surface area contributed by atoms with Crippen molar-refractivity contribution in [3.8, 4) is 6.07 Å². The molecule has 4 rings (SSSR count). The van der Waals surface area contributed by atoms with Crippen LogP contribution in [0.3, 0.4) is 0 Å². The van der Waals surface area contributed by atoms with E-state index in [9.17, 15) is 4.39 Å². The van der Waals surface area contributed by atoms with Gasteiger partial charge in [0.1, 0.15) is 11.9 Å². The molecular formula is C22H24FN. The molecule has 2 fully saturated rings. The molecule has 4 unspecified atom stereocenters. The van der Waals surface area contributed by atoms with E-state index in [1.54, 1.807) is 6.07 Å². The van der Waals surface area contributed by atoms with E-state index in [4.69, 9.17) is 5.26 Å². The van der Waals surface area contributed by atoms with Crippen LogP contribution in [0.1, 0.15) is 62.5 Å². The van der Waals surface area contributed by atoms with Crippen molar-refractivity contribution in [2.45, 2.75) is 51.4 Å². The Bertz CT molecular complexity index is 803. The van der Waals surface area contributed by atoms with Gasteiger partial charge in [-0.3, -0.25) is 0 Å². The second-order valence-electron chi connectivity index (χ2n) is 8.00. The van der Waals surface area contributed by atoms with Crippen molar-refractivity contribution in [2.75, 3.05) is 0 Å². The van der Waals surface area contributed by atoms with Crippen molar-refractivity contribution in [1.29, 1.82) is 5.26 Å². The van der Waals surface area contributed by atoms with Gasteiger partial charge in [-0.1, -0.05) is 31.5 Å². The molecule has 1 nitrogen and oxygen atoms in total. The first-order chi connectivity index (χ1) is 11.6. The van der Waals surface area contributed by atoms with Crippen LogP contribution in [0.2, 0.25) is 0 Å². The minimum Gasteiger partial charge on any atom is -0.206 e. The number of halogens is 1. The number of benzene rings is 2. The first-order valence-electron chi connectivity index (χ1n) is 9.27. The van der Waals surface area contributed by atoms with Gasteiger partial charge in [-0.15, -0.1) is 0 Å². The minimum atomic E-state index is -0.410. The van der Waals surface area contributed by atoms with Crippen molar-refractivity contribution >= 4 is 10.8 Å². The first kappa shape index (κ1) is 15.6. The van der Waals surface area contributed by atoms with Crippen molar-refractivity contribution in [3.63, 3.8) is 0 Å². The van der Waals surface area contributed by atoms with E-state index in [-0.39, 0.29) is 5.56 Å². The van der Waals surface area contributed by atoms with Crippen LogP contribution in [-0.4, -0.2) is 0 Å². The van der Waals surface area contributed by atoms with E-state index in [0.717, 1.165) is 28.5 Å². The summed E-state index contributed by atoms with van der Waals surface area (Å²) < 4.78 is 13.9. The van der Waals surface area contributed by atoms with Gasteiger partial charge in [0.25, 0.3) is 0 Å². The van der Waals surface area contributed by atoms with Gasteiger partial charge in [-0.05, 0) is 84.2 Å². The molecule has 2 aromatic carbocycles. The Labute approximate surface area is 143 Å². The van der Waals surface area contributed by atoms with Gasteiger partial charge >= 0.3 is 0 Å². The third-order valence-electron chi connectivity index (χ3n) is 6.42.